The van der Waals surface area contributed by atoms with Gasteiger partial charge in [0.2, 0.25) is 5.91 Å². The van der Waals surface area contributed by atoms with Gasteiger partial charge in [-0.05, 0) is 25.0 Å². The Kier molecular flexibility index (Phi) is 5.12. The zero-order chi connectivity index (χ0) is 15.2. The van der Waals surface area contributed by atoms with E-state index in [1.165, 1.54) is 5.56 Å². The van der Waals surface area contributed by atoms with Crippen LogP contribution < -0.4 is 11.1 Å². The van der Waals surface area contributed by atoms with Crippen molar-refractivity contribution in [3.63, 3.8) is 0 Å². The van der Waals surface area contributed by atoms with Crippen molar-refractivity contribution in [3.05, 3.63) is 71.3 Å². The van der Waals surface area contributed by atoms with E-state index in [4.69, 9.17) is 5.73 Å². The molecule has 2 aromatic rings. The highest BCUT2D eigenvalue weighted by atomic mass is 16.1. The third-order valence-electron chi connectivity index (χ3n) is 3.59. The van der Waals surface area contributed by atoms with Crippen LogP contribution in [0.3, 0.4) is 0 Å². The van der Waals surface area contributed by atoms with Gasteiger partial charge in [-0.25, -0.2) is 0 Å². The zero-order valence-electron chi connectivity index (χ0n) is 12.5. The topological polar surface area (TPSA) is 55.1 Å². The highest BCUT2D eigenvalue weighted by Gasteiger charge is 2.14. The Hall–Kier alpha value is -2.13. The van der Waals surface area contributed by atoms with Crippen molar-refractivity contribution in [2.75, 3.05) is 0 Å². The van der Waals surface area contributed by atoms with E-state index in [2.05, 4.69) is 5.32 Å². The van der Waals surface area contributed by atoms with Gasteiger partial charge in [0.15, 0.2) is 0 Å². The highest BCUT2D eigenvalue weighted by molar-refractivity contribution is 5.77. The minimum absolute atomic E-state index is 0.0129. The Morgan fingerprint density at radius 2 is 1.67 bits per heavy atom. The summed E-state index contributed by atoms with van der Waals surface area (Å²) >= 11 is 0. The lowest BCUT2D eigenvalue weighted by molar-refractivity contribution is -0.122. The van der Waals surface area contributed by atoms with Crippen LogP contribution in [0, 0.1) is 6.92 Å². The summed E-state index contributed by atoms with van der Waals surface area (Å²) in [4.78, 5) is 12.1. The van der Waals surface area contributed by atoms with Crippen LogP contribution >= 0.6 is 0 Å². The van der Waals surface area contributed by atoms with Crippen molar-refractivity contribution in [1.29, 1.82) is 0 Å². The molecule has 0 aliphatic heterocycles. The van der Waals surface area contributed by atoms with Gasteiger partial charge in [0.05, 0.1) is 6.04 Å². The second-order valence-corrected chi connectivity index (χ2v) is 5.42. The molecule has 2 atom stereocenters. The average molecular weight is 282 g/mol. The minimum atomic E-state index is -0.267. The molecular weight excluding hydrogens is 260 g/mol. The Labute approximate surface area is 126 Å². The summed E-state index contributed by atoms with van der Waals surface area (Å²) in [5, 5.41) is 3.00. The van der Waals surface area contributed by atoms with Crippen LogP contribution in [0.25, 0.3) is 0 Å². The van der Waals surface area contributed by atoms with Gasteiger partial charge in [0.25, 0.3) is 0 Å². The normalized spacial score (nSPS) is 13.5. The molecule has 0 aromatic heterocycles. The molecule has 2 rings (SSSR count). The number of nitrogens with one attached hydrogen (secondary N) is 1. The molecule has 3 nitrogen and oxygen atoms in total. The lowest BCUT2D eigenvalue weighted by Crippen LogP contribution is -2.29. The predicted octanol–water partition coefficient (Wildman–Crippen LogP) is 3.26. The van der Waals surface area contributed by atoms with Crippen LogP contribution in [0.2, 0.25) is 0 Å². The van der Waals surface area contributed by atoms with E-state index in [9.17, 15) is 4.79 Å². The molecule has 0 spiro atoms. The maximum atomic E-state index is 12.1. The molecule has 0 aliphatic rings. The van der Waals surface area contributed by atoms with Crippen LogP contribution in [0.1, 0.15) is 42.1 Å². The fourth-order valence-electron chi connectivity index (χ4n) is 2.26. The summed E-state index contributed by atoms with van der Waals surface area (Å²) in [5.41, 5.74) is 9.36. The largest absolute Gasteiger partial charge is 0.350 e. The molecule has 21 heavy (non-hydrogen) atoms. The summed E-state index contributed by atoms with van der Waals surface area (Å²) in [6.07, 6.45) is 0.292. The lowest BCUT2D eigenvalue weighted by atomic mass is 10.0. The Balaban J connectivity index is 1.91. The summed E-state index contributed by atoms with van der Waals surface area (Å²) in [6.45, 7) is 4.03. The fraction of sp³-hybridized carbons (Fsp3) is 0.278. The second-order valence-electron chi connectivity index (χ2n) is 5.42. The van der Waals surface area contributed by atoms with Gasteiger partial charge >= 0.3 is 0 Å². The van der Waals surface area contributed by atoms with Gasteiger partial charge in [0, 0.05) is 12.5 Å². The molecule has 0 radical (unpaired) electrons. The molecule has 0 unspecified atom stereocenters. The minimum Gasteiger partial charge on any atom is -0.350 e. The number of rotatable bonds is 5. The maximum Gasteiger partial charge on any atom is 0.222 e. The Morgan fingerprint density at radius 3 is 2.29 bits per heavy atom. The molecule has 1 amide bonds. The smallest absolute Gasteiger partial charge is 0.222 e. The van der Waals surface area contributed by atoms with Gasteiger partial charge in [0.1, 0.15) is 0 Å². The van der Waals surface area contributed by atoms with Crippen molar-refractivity contribution >= 4 is 5.91 Å². The van der Waals surface area contributed by atoms with Crippen molar-refractivity contribution < 1.29 is 4.79 Å². The van der Waals surface area contributed by atoms with E-state index in [1.807, 2.05) is 68.4 Å². The third-order valence-corrected chi connectivity index (χ3v) is 3.59. The van der Waals surface area contributed by atoms with E-state index < -0.39 is 0 Å². The standard InChI is InChI=1S/C18H22N2O/c1-13-8-10-15(11-9-13)14(2)20-18(21)12-17(19)16-6-4-3-5-7-16/h3-11,14,17H,12,19H2,1-2H3,(H,20,21)/t14-,17-/m0/s1. The van der Waals surface area contributed by atoms with Gasteiger partial charge in [-0.15, -0.1) is 0 Å². The van der Waals surface area contributed by atoms with Gasteiger partial charge in [-0.2, -0.15) is 0 Å². The maximum absolute atomic E-state index is 12.1. The molecule has 0 heterocycles. The fourth-order valence-corrected chi connectivity index (χ4v) is 2.26. The first kappa shape index (κ1) is 15.3. The summed E-state index contributed by atoms with van der Waals surface area (Å²) in [5.74, 6) is -0.0283. The first-order valence-corrected chi connectivity index (χ1v) is 7.22. The van der Waals surface area contributed by atoms with Crippen LogP contribution in [-0.4, -0.2) is 5.91 Å². The van der Waals surface area contributed by atoms with Crippen molar-refractivity contribution in [2.24, 2.45) is 5.73 Å². The number of carbonyl (C=O) groups is 1. The van der Waals surface area contributed by atoms with Crippen molar-refractivity contribution in [3.8, 4) is 0 Å². The van der Waals surface area contributed by atoms with Crippen LogP contribution in [-0.2, 0) is 4.79 Å². The van der Waals surface area contributed by atoms with Gasteiger partial charge in [-0.1, -0.05) is 60.2 Å². The number of hydrogen-bond acceptors (Lipinski definition) is 2. The number of aryl methyl sites for hydroxylation is 1. The molecule has 2 aromatic carbocycles. The van der Waals surface area contributed by atoms with Gasteiger partial charge < -0.3 is 11.1 Å². The number of nitrogens with two attached hydrogens (primary N) is 1. The molecule has 3 heteroatoms. The van der Waals surface area contributed by atoms with Crippen LogP contribution in [0.4, 0.5) is 0 Å². The van der Waals surface area contributed by atoms with E-state index >= 15 is 0 Å². The first-order valence-electron chi connectivity index (χ1n) is 7.22. The number of hydrogen-bond donors (Lipinski definition) is 2. The van der Waals surface area contributed by atoms with Crippen LogP contribution in [0.5, 0.6) is 0 Å². The molecule has 0 fully saturated rings. The molecule has 0 aliphatic carbocycles. The monoisotopic (exact) mass is 282 g/mol. The lowest BCUT2D eigenvalue weighted by Gasteiger charge is -2.17. The quantitative estimate of drug-likeness (QED) is 0.884. The number of amides is 1. The van der Waals surface area contributed by atoms with E-state index in [0.29, 0.717) is 6.42 Å². The Morgan fingerprint density at radius 1 is 1.05 bits per heavy atom. The average Bonchev–Trinajstić information content (AvgIpc) is 2.48. The number of carbonyl (C=O) groups excluding carboxylic acids is 1. The second kappa shape index (κ2) is 7.04. The number of benzene rings is 2. The molecular formula is C18H22N2O. The Bertz CT molecular complexity index is 578. The summed E-state index contributed by atoms with van der Waals surface area (Å²) in [7, 11) is 0. The summed E-state index contributed by atoms with van der Waals surface area (Å²) in [6, 6.07) is 17.6. The zero-order valence-corrected chi connectivity index (χ0v) is 12.5. The molecule has 0 saturated heterocycles. The van der Waals surface area contributed by atoms with E-state index in [1.54, 1.807) is 0 Å². The van der Waals surface area contributed by atoms with Crippen molar-refractivity contribution in [2.45, 2.75) is 32.4 Å². The van der Waals surface area contributed by atoms with E-state index in [-0.39, 0.29) is 18.0 Å². The molecule has 3 N–H and O–H groups in total. The van der Waals surface area contributed by atoms with Crippen molar-refractivity contribution in [1.82, 2.24) is 5.32 Å². The highest BCUT2D eigenvalue weighted by Crippen LogP contribution is 2.16. The summed E-state index contributed by atoms with van der Waals surface area (Å²) < 4.78 is 0. The van der Waals surface area contributed by atoms with Gasteiger partial charge in [-0.3, -0.25) is 4.79 Å². The predicted molar refractivity (Wildman–Crippen MR) is 85.7 cm³/mol. The van der Waals surface area contributed by atoms with Crippen LogP contribution in [0.15, 0.2) is 54.6 Å². The molecule has 0 bridgehead atoms. The molecule has 110 valence electrons. The molecule has 0 saturated carbocycles. The van der Waals surface area contributed by atoms with E-state index in [0.717, 1.165) is 11.1 Å². The SMILES string of the molecule is Cc1ccc([C@H](C)NC(=O)C[C@H](N)c2ccccc2)cc1. The first-order chi connectivity index (χ1) is 10.1. The third kappa shape index (κ3) is 4.43.